The summed E-state index contributed by atoms with van der Waals surface area (Å²) in [5.41, 5.74) is -0.0249. The Labute approximate surface area is 157 Å². The van der Waals surface area contributed by atoms with Crippen molar-refractivity contribution in [3.63, 3.8) is 0 Å². The van der Waals surface area contributed by atoms with Crippen LogP contribution in [-0.2, 0) is 10.0 Å². The summed E-state index contributed by atoms with van der Waals surface area (Å²) in [5.74, 6) is 0. The van der Waals surface area contributed by atoms with E-state index in [1.54, 1.807) is 6.07 Å². The number of nitro groups is 1. The summed E-state index contributed by atoms with van der Waals surface area (Å²) in [5, 5.41) is 14.9. The topological polar surface area (TPSA) is 114 Å². The molecule has 4 rings (SSSR count). The first-order valence-electron chi connectivity index (χ1n) is 8.24. The highest BCUT2D eigenvalue weighted by Crippen LogP contribution is 2.31. The lowest BCUT2D eigenvalue weighted by molar-refractivity contribution is -0.383. The predicted molar refractivity (Wildman–Crippen MR) is 98.9 cm³/mol. The van der Waals surface area contributed by atoms with E-state index in [-0.39, 0.29) is 39.9 Å². The first kappa shape index (κ1) is 19.0. The van der Waals surface area contributed by atoms with Crippen LogP contribution in [0.25, 0.3) is 10.9 Å². The van der Waals surface area contributed by atoms with E-state index in [4.69, 9.17) is 0 Å². The maximum Gasteiger partial charge on any atom is 0.278 e. The van der Waals surface area contributed by atoms with Crippen LogP contribution < -0.4 is 10.0 Å². The SMILES string of the molecule is Cl.O=[N+]([O-])c1ccc(S(=O)(=O)NC2CC3CCC(C2)N3)c2ncccc12. The van der Waals surface area contributed by atoms with Gasteiger partial charge >= 0.3 is 0 Å². The van der Waals surface area contributed by atoms with E-state index in [1.807, 2.05) is 0 Å². The molecule has 0 saturated carbocycles. The number of rotatable bonds is 4. The predicted octanol–water partition coefficient (Wildman–Crippen LogP) is 2.13. The van der Waals surface area contributed by atoms with Crippen LogP contribution in [0.5, 0.6) is 0 Å². The third-order valence-corrected chi connectivity index (χ3v) is 6.54. The third kappa shape index (κ3) is 3.39. The number of non-ortho nitro benzene ring substituents is 1. The number of hydrogen-bond acceptors (Lipinski definition) is 6. The molecule has 2 bridgehead atoms. The van der Waals surface area contributed by atoms with Crippen LogP contribution in [0.4, 0.5) is 5.69 Å². The van der Waals surface area contributed by atoms with Crippen LogP contribution in [0.2, 0.25) is 0 Å². The molecule has 2 aliphatic rings. The second kappa shape index (κ2) is 7.07. The van der Waals surface area contributed by atoms with Crippen molar-refractivity contribution in [2.45, 2.75) is 48.7 Å². The number of nitrogens with one attached hydrogen (secondary N) is 2. The molecular weight excluding hydrogens is 380 g/mol. The van der Waals surface area contributed by atoms with Gasteiger partial charge in [0, 0.05) is 30.4 Å². The fourth-order valence-electron chi connectivity index (χ4n) is 3.94. The van der Waals surface area contributed by atoms with E-state index in [1.165, 1.54) is 24.4 Å². The molecule has 140 valence electrons. The highest BCUT2D eigenvalue weighted by atomic mass is 35.5. The van der Waals surface area contributed by atoms with Crippen LogP contribution in [0.3, 0.4) is 0 Å². The van der Waals surface area contributed by atoms with Crippen LogP contribution >= 0.6 is 12.4 Å². The molecule has 0 aliphatic carbocycles. The lowest BCUT2D eigenvalue weighted by atomic mass is 10.0. The van der Waals surface area contributed by atoms with E-state index in [0.29, 0.717) is 12.1 Å². The van der Waals surface area contributed by atoms with Crippen molar-refractivity contribution in [2.24, 2.45) is 0 Å². The van der Waals surface area contributed by atoms with Gasteiger partial charge in [-0.15, -0.1) is 12.4 Å². The van der Waals surface area contributed by atoms with Crippen molar-refractivity contribution in [2.75, 3.05) is 0 Å². The maximum atomic E-state index is 12.9. The quantitative estimate of drug-likeness (QED) is 0.602. The number of nitro benzene ring substituents is 1. The number of benzene rings is 1. The van der Waals surface area contributed by atoms with Gasteiger partial charge in [0.15, 0.2) is 0 Å². The molecule has 2 aromatic rings. The molecule has 0 radical (unpaired) electrons. The molecule has 8 nitrogen and oxygen atoms in total. The molecule has 3 heterocycles. The van der Waals surface area contributed by atoms with Gasteiger partial charge in [-0.1, -0.05) is 0 Å². The second-order valence-corrected chi connectivity index (χ2v) is 8.35. The number of fused-ring (bicyclic) bond motifs is 3. The molecule has 10 heteroatoms. The summed E-state index contributed by atoms with van der Waals surface area (Å²) in [6, 6.07) is 6.17. The lowest BCUT2D eigenvalue weighted by Crippen LogP contribution is -2.47. The highest BCUT2D eigenvalue weighted by Gasteiger charge is 2.36. The average Bonchev–Trinajstić information content (AvgIpc) is 2.91. The molecule has 1 aromatic heterocycles. The summed E-state index contributed by atoms with van der Waals surface area (Å²) in [7, 11) is -3.81. The molecule has 2 unspecified atom stereocenters. The van der Waals surface area contributed by atoms with Gasteiger partial charge in [-0.3, -0.25) is 15.1 Å². The van der Waals surface area contributed by atoms with Gasteiger partial charge in [-0.05, 0) is 43.9 Å². The molecule has 2 saturated heterocycles. The monoisotopic (exact) mass is 398 g/mol. The van der Waals surface area contributed by atoms with Crippen LogP contribution in [0.15, 0.2) is 35.4 Å². The van der Waals surface area contributed by atoms with Gasteiger partial charge in [0.05, 0.1) is 15.8 Å². The van der Waals surface area contributed by atoms with Crippen molar-refractivity contribution in [1.82, 2.24) is 15.0 Å². The molecule has 0 spiro atoms. The average molecular weight is 399 g/mol. The number of halogens is 1. The Morgan fingerprint density at radius 1 is 1.19 bits per heavy atom. The van der Waals surface area contributed by atoms with Crippen molar-refractivity contribution in [1.29, 1.82) is 0 Å². The van der Waals surface area contributed by atoms with Gasteiger partial charge < -0.3 is 5.32 Å². The van der Waals surface area contributed by atoms with Gasteiger partial charge in [-0.2, -0.15) is 0 Å². The fourth-order valence-corrected chi connectivity index (χ4v) is 5.37. The van der Waals surface area contributed by atoms with E-state index in [2.05, 4.69) is 15.0 Å². The first-order chi connectivity index (χ1) is 11.9. The maximum absolute atomic E-state index is 12.9. The fraction of sp³-hybridized carbons (Fsp3) is 0.438. The summed E-state index contributed by atoms with van der Waals surface area (Å²) in [6.45, 7) is 0. The molecular formula is C16H19ClN4O4S. The van der Waals surface area contributed by atoms with Crippen molar-refractivity contribution >= 4 is 39.0 Å². The molecule has 2 aliphatic heterocycles. The van der Waals surface area contributed by atoms with Crippen LogP contribution in [-0.4, -0.2) is 36.5 Å². The van der Waals surface area contributed by atoms with E-state index < -0.39 is 14.9 Å². The van der Waals surface area contributed by atoms with Crippen molar-refractivity contribution in [3.05, 3.63) is 40.6 Å². The lowest BCUT2D eigenvalue weighted by Gasteiger charge is -2.29. The molecule has 2 atom stereocenters. The Hall–Kier alpha value is -1.81. The third-order valence-electron chi connectivity index (χ3n) is 4.99. The Morgan fingerprint density at radius 2 is 1.88 bits per heavy atom. The van der Waals surface area contributed by atoms with Crippen LogP contribution in [0, 0.1) is 10.1 Å². The van der Waals surface area contributed by atoms with E-state index in [0.717, 1.165) is 25.7 Å². The van der Waals surface area contributed by atoms with Crippen molar-refractivity contribution in [3.8, 4) is 0 Å². The Bertz CT molecular complexity index is 940. The first-order valence-corrected chi connectivity index (χ1v) is 9.73. The number of nitrogens with zero attached hydrogens (tertiary/aromatic N) is 2. The number of hydrogen-bond donors (Lipinski definition) is 2. The van der Waals surface area contributed by atoms with Gasteiger partial charge in [0.1, 0.15) is 4.90 Å². The zero-order valence-electron chi connectivity index (χ0n) is 13.8. The van der Waals surface area contributed by atoms with Gasteiger partial charge in [-0.25, -0.2) is 13.1 Å². The molecule has 0 amide bonds. The minimum absolute atomic E-state index is 0. The summed E-state index contributed by atoms with van der Waals surface area (Å²) < 4.78 is 28.6. The minimum atomic E-state index is -3.81. The summed E-state index contributed by atoms with van der Waals surface area (Å²) in [4.78, 5) is 14.7. The molecule has 1 aromatic carbocycles. The number of pyridine rings is 1. The Morgan fingerprint density at radius 3 is 2.54 bits per heavy atom. The number of piperidine rings is 1. The smallest absolute Gasteiger partial charge is 0.278 e. The van der Waals surface area contributed by atoms with Gasteiger partial charge in [0.25, 0.3) is 5.69 Å². The normalized spacial score (nSPS) is 25.0. The van der Waals surface area contributed by atoms with E-state index in [9.17, 15) is 18.5 Å². The summed E-state index contributed by atoms with van der Waals surface area (Å²) >= 11 is 0. The Balaban J connectivity index is 0.00000196. The number of sulfonamides is 1. The highest BCUT2D eigenvalue weighted by molar-refractivity contribution is 7.89. The minimum Gasteiger partial charge on any atom is -0.311 e. The largest absolute Gasteiger partial charge is 0.311 e. The zero-order valence-corrected chi connectivity index (χ0v) is 15.4. The van der Waals surface area contributed by atoms with Crippen LogP contribution in [0.1, 0.15) is 25.7 Å². The standard InChI is InChI=1S/C16H18N4O4S.ClH/c21-20(22)14-5-6-15(16-13(14)2-1-7-17-16)25(23,24)19-12-8-10-3-4-11(9-12)18-10;/h1-2,5-7,10-12,18-19H,3-4,8-9H2;1H. The summed E-state index contributed by atoms with van der Waals surface area (Å²) in [6.07, 6.45) is 5.10. The molecule has 2 fully saturated rings. The van der Waals surface area contributed by atoms with Gasteiger partial charge in [0.2, 0.25) is 10.0 Å². The second-order valence-electron chi connectivity index (χ2n) is 6.67. The van der Waals surface area contributed by atoms with Crippen molar-refractivity contribution < 1.29 is 13.3 Å². The molecule has 26 heavy (non-hydrogen) atoms. The number of aromatic nitrogens is 1. The Kier molecular flexibility index (Phi) is 5.16. The molecule has 2 N–H and O–H groups in total. The zero-order chi connectivity index (χ0) is 17.6. The van der Waals surface area contributed by atoms with E-state index >= 15 is 0 Å².